The second kappa shape index (κ2) is 7.25. The predicted molar refractivity (Wildman–Crippen MR) is 92.6 cm³/mol. The lowest BCUT2D eigenvalue weighted by Crippen LogP contribution is -2.46. The maximum atomic E-state index is 12.5. The quantitative estimate of drug-likeness (QED) is 0.798. The zero-order valence-corrected chi connectivity index (χ0v) is 13.7. The number of para-hydroxylation sites is 1. The highest BCUT2D eigenvalue weighted by Crippen LogP contribution is 2.21. The Morgan fingerprint density at radius 1 is 1.00 bits per heavy atom. The summed E-state index contributed by atoms with van der Waals surface area (Å²) in [6.45, 7) is 1.02. The van der Waals surface area contributed by atoms with Crippen LogP contribution >= 0.6 is 0 Å². The second-order valence-electron chi connectivity index (χ2n) is 6.11. The van der Waals surface area contributed by atoms with Crippen molar-refractivity contribution >= 4 is 11.8 Å². The molecule has 6 nitrogen and oxygen atoms in total. The first-order chi connectivity index (χ1) is 12.0. The summed E-state index contributed by atoms with van der Waals surface area (Å²) in [5.41, 5.74) is 0.706. The number of phenolic OH excluding ortho intramolecular Hbond substituents is 2. The standard InChI is InChI=1S/C19H20N2O4/c22-15-5-3-4-13(12-15)18(24)20-14-8-10-21(11-9-14)19(25)16-6-1-2-7-17(16)23/h1-7,12,14,22-23H,8-11H2,(H,20,24). The number of likely N-dealkylation sites (tertiary alicyclic amines) is 1. The molecular formula is C19H20N2O4. The summed E-state index contributed by atoms with van der Waals surface area (Å²) >= 11 is 0. The molecule has 3 N–H and O–H groups in total. The number of hydrogen-bond donors (Lipinski definition) is 3. The number of benzene rings is 2. The van der Waals surface area contributed by atoms with Crippen LogP contribution < -0.4 is 5.32 Å². The number of carbonyl (C=O) groups excluding carboxylic acids is 2. The maximum Gasteiger partial charge on any atom is 0.257 e. The molecule has 2 aromatic rings. The van der Waals surface area contributed by atoms with Crippen LogP contribution in [0, 0.1) is 0 Å². The van der Waals surface area contributed by atoms with Crippen LogP contribution in [0.2, 0.25) is 0 Å². The minimum atomic E-state index is -0.235. The molecule has 3 rings (SSSR count). The summed E-state index contributed by atoms with van der Waals surface area (Å²) in [5.74, 6) is -0.403. The summed E-state index contributed by atoms with van der Waals surface area (Å²) < 4.78 is 0. The number of phenols is 2. The fraction of sp³-hybridized carbons (Fsp3) is 0.263. The van der Waals surface area contributed by atoms with Crippen LogP contribution in [0.3, 0.4) is 0 Å². The first-order valence-corrected chi connectivity index (χ1v) is 8.22. The minimum absolute atomic E-state index is 0.0215. The molecule has 1 aliphatic rings. The van der Waals surface area contributed by atoms with Gasteiger partial charge in [0.2, 0.25) is 0 Å². The van der Waals surface area contributed by atoms with Gasteiger partial charge in [0, 0.05) is 24.7 Å². The number of rotatable bonds is 3. The van der Waals surface area contributed by atoms with Crippen molar-refractivity contribution < 1.29 is 19.8 Å². The van der Waals surface area contributed by atoms with Crippen LogP contribution in [0.15, 0.2) is 48.5 Å². The number of nitrogens with zero attached hydrogens (tertiary/aromatic N) is 1. The van der Waals surface area contributed by atoms with Crippen LogP contribution in [-0.4, -0.2) is 46.1 Å². The van der Waals surface area contributed by atoms with Crippen molar-refractivity contribution in [3.05, 3.63) is 59.7 Å². The smallest absolute Gasteiger partial charge is 0.257 e. The first kappa shape index (κ1) is 16.8. The lowest BCUT2D eigenvalue weighted by atomic mass is 10.0. The lowest BCUT2D eigenvalue weighted by molar-refractivity contribution is 0.0695. The average Bonchev–Trinajstić information content (AvgIpc) is 2.62. The molecule has 0 aliphatic carbocycles. The number of nitrogens with one attached hydrogen (secondary N) is 1. The van der Waals surface area contributed by atoms with Gasteiger partial charge in [-0.05, 0) is 43.2 Å². The van der Waals surface area contributed by atoms with Crippen LogP contribution in [0.4, 0.5) is 0 Å². The SMILES string of the molecule is O=C(NC1CCN(C(=O)c2ccccc2O)CC1)c1cccc(O)c1. The van der Waals surface area contributed by atoms with Gasteiger partial charge in [-0.25, -0.2) is 0 Å². The van der Waals surface area contributed by atoms with Gasteiger partial charge in [0.1, 0.15) is 11.5 Å². The van der Waals surface area contributed by atoms with Gasteiger partial charge >= 0.3 is 0 Å². The van der Waals surface area contributed by atoms with Crippen molar-refractivity contribution in [3.8, 4) is 11.5 Å². The maximum absolute atomic E-state index is 12.5. The van der Waals surface area contributed by atoms with Gasteiger partial charge in [-0.3, -0.25) is 9.59 Å². The van der Waals surface area contributed by atoms with Gasteiger partial charge in [0.05, 0.1) is 5.56 Å². The molecular weight excluding hydrogens is 320 g/mol. The summed E-state index contributed by atoms with van der Waals surface area (Å²) in [7, 11) is 0. The third kappa shape index (κ3) is 3.91. The fourth-order valence-electron chi connectivity index (χ4n) is 2.97. The van der Waals surface area contributed by atoms with Crippen molar-refractivity contribution in [2.24, 2.45) is 0 Å². The van der Waals surface area contributed by atoms with E-state index in [9.17, 15) is 19.8 Å². The Labute approximate surface area is 145 Å². The number of amides is 2. The van der Waals surface area contributed by atoms with E-state index < -0.39 is 0 Å². The van der Waals surface area contributed by atoms with Gasteiger partial charge < -0.3 is 20.4 Å². The molecule has 1 aliphatic heterocycles. The number of carbonyl (C=O) groups is 2. The van der Waals surface area contributed by atoms with Gasteiger partial charge in [-0.1, -0.05) is 18.2 Å². The van der Waals surface area contributed by atoms with Crippen molar-refractivity contribution in [2.45, 2.75) is 18.9 Å². The molecule has 0 bridgehead atoms. The highest BCUT2D eigenvalue weighted by molar-refractivity contribution is 5.97. The third-order valence-electron chi connectivity index (χ3n) is 4.36. The topological polar surface area (TPSA) is 89.9 Å². The van der Waals surface area contributed by atoms with Crippen molar-refractivity contribution in [1.29, 1.82) is 0 Å². The van der Waals surface area contributed by atoms with E-state index in [2.05, 4.69) is 5.32 Å². The minimum Gasteiger partial charge on any atom is -0.508 e. The summed E-state index contributed by atoms with van der Waals surface area (Å²) in [4.78, 5) is 26.4. The molecule has 1 fully saturated rings. The molecule has 2 aromatic carbocycles. The molecule has 0 spiro atoms. The zero-order valence-electron chi connectivity index (χ0n) is 13.7. The highest BCUT2D eigenvalue weighted by atomic mass is 16.3. The molecule has 0 unspecified atom stereocenters. The summed E-state index contributed by atoms with van der Waals surface area (Å²) in [6, 6.07) is 12.7. The molecule has 1 saturated heterocycles. The predicted octanol–water partition coefficient (Wildman–Crippen LogP) is 2.13. The second-order valence-corrected chi connectivity index (χ2v) is 6.11. The van der Waals surface area contributed by atoms with E-state index in [0.29, 0.717) is 37.1 Å². The van der Waals surface area contributed by atoms with Gasteiger partial charge in [0.15, 0.2) is 0 Å². The Morgan fingerprint density at radius 3 is 2.40 bits per heavy atom. The number of piperidine rings is 1. The van der Waals surface area contributed by atoms with Gasteiger partial charge in [-0.15, -0.1) is 0 Å². The Bertz CT molecular complexity index is 782. The van der Waals surface area contributed by atoms with Crippen LogP contribution in [0.1, 0.15) is 33.6 Å². The fourth-order valence-corrected chi connectivity index (χ4v) is 2.97. The molecule has 130 valence electrons. The van der Waals surface area contributed by atoms with Crippen molar-refractivity contribution in [3.63, 3.8) is 0 Å². The average molecular weight is 340 g/mol. The third-order valence-corrected chi connectivity index (χ3v) is 4.36. The lowest BCUT2D eigenvalue weighted by Gasteiger charge is -2.32. The normalized spacial score (nSPS) is 15.0. The Morgan fingerprint density at radius 2 is 1.72 bits per heavy atom. The van der Waals surface area contributed by atoms with Gasteiger partial charge in [-0.2, -0.15) is 0 Å². The first-order valence-electron chi connectivity index (χ1n) is 8.22. The summed E-state index contributed by atoms with van der Waals surface area (Å²) in [5, 5.41) is 22.2. The Balaban J connectivity index is 1.56. The summed E-state index contributed by atoms with van der Waals surface area (Å²) in [6.07, 6.45) is 1.29. The molecule has 1 heterocycles. The molecule has 0 aromatic heterocycles. The highest BCUT2D eigenvalue weighted by Gasteiger charge is 2.26. The van der Waals surface area contributed by atoms with E-state index in [1.807, 2.05) is 0 Å². The van der Waals surface area contributed by atoms with E-state index >= 15 is 0 Å². The largest absolute Gasteiger partial charge is 0.508 e. The van der Waals surface area contributed by atoms with Crippen molar-refractivity contribution in [2.75, 3.05) is 13.1 Å². The Hall–Kier alpha value is -3.02. The van der Waals surface area contributed by atoms with E-state index in [1.54, 1.807) is 35.2 Å². The van der Waals surface area contributed by atoms with Crippen LogP contribution in [0.5, 0.6) is 11.5 Å². The molecule has 2 amide bonds. The van der Waals surface area contributed by atoms with Crippen LogP contribution in [-0.2, 0) is 0 Å². The number of hydrogen-bond acceptors (Lipinski definition) is 4. The molecule has 0 saturated carbocycles. The van der Waals surface area contributed by atoms with E-state index in [1.165, 1.54) is 18.2 Å². The van der Waals surface area contributed by atoms with Crippen molar-refractivity contribution in [1.82, 2.24) is 10.2 Å². The Kier molecular flexibility index (Phi) is 4.88. The van der Waals surface area contributed by atoms with Crippen LogP contribution in [0.25, 0.3) is 0 Å². The molecule has 25 heavy (non-hydrogen) atoms. The molecule has 6 heteroatoms. The zero-order chi connectivity index (χ0) is 17.8. The van der Waals surface area contributed by atoms with E-state index in [0.717, 1.165) is 0 Å². The van der Waals surface area contributed by atoms with E-state index in [4.69, 9.17) is 0 Å². The monoisotopic (exact) mass is 340 g/mol. The van der Waals surface area contributed by atoms with E-state index in [-0.39, 0.29) is 29.4 Å². The van der Waals surface area contributed by atoms with Gasteiger partial charge in [0.25, 0.3) is 11.8 Å². The molecule has 0 atom stereocenters. The molecule has 0 radical (unpaired) electrons. The number of aromatic hydroxyl groups is 2.